The molecule has 2 aromatic rings. The van der Waals surface area contributed by atoms with Gasteiger partial charge in [-0.1, -0.05) is 55.8 Å². The number of carbonyl (C=O) groups is 2. The van der Waals surface area contributed by atoms with Gasteiger partial charge in [-0.15, -0.1) is 0 Å². The maximum atomic E-state index is 13.4. The number of phenolic OH excluding ortho intramolecular Hbond substituents is 1. The number of esters is 1. The highest BCUT2D eigenvalue weighted by atomic mass is 35.5. The largest absolute Gasteiger partial charge is 0.503 e. The van der Waals surface area contributed by atoms with Crippen molar-refractivity contribution in [2.45, 2.75) is 46.1 Å². The molecule has 0 fully saturated rings. The Kier molecular flexibility index (Phi) is 6.54. The van der Waals surface area contributed by atoms with E-state index >= 15 is 0 Å². The number of nitrogens with zero attached hydrogens (tertiary/aromatic N) is 1. The maximum absolute atomic E-state index is 13.4. The Labute approximate surface area is 204 Å². The molecule has 0 bridgehead atoms. The van der Waals surface area contributed by atoms with Gasteiger partial charge in [0.05, 0.1) is 12.1 Å². The van der Waals surface area contributed by atoms with Gasteiger partial charge in [-0.25, -0.2) is 0 Å². The molecule has 7 heteroatoms. The van der Waals surface area contributed by atoms with Crippen LogP contribution in [0.1, 0.15) is 50.7 Å². The number of aromatic hydroxyl groups is 1. The molecule has 0 radical (unpaired) electrons. The molecule has 1 aliphatic carbocycles. The number of benzene rings is 2. The Hall–Kier alpha value is -3.12. The molecule has 1 aliphatic heterocycles. The highest BCUT2D eigenvalue weighted by molar-refractivity contribution is 6.32. The number of Topliss-reactive ketones (excluding diaryl/α,β-unsaturated/α-hetero) is 1. The zero-order valence-corrected chi connectivity index (χ0v) is 20.5. The summed E-state index contributed by atoms with van der Waals surface area (Å²) in [4.78, 5) is 31.6. The molecule has 4 rings (SSSR count). The van der Waals surface area contributed by atoms with Gasteiger partial charge in [-0.05, 0) is 42.0 Å². The third kappa shape index (κ3) is 4.60. The van der Waals surface area contributed by atoms with E-state index in [1.165, 1.54) is 7.11 Å². The molecule has 2 atom stereocenters. The highest BCUT2D eigenvalue weighted by Crippen LogP contribution is 2.49. The second-order valence-electron chi connectivity index (χ2n) is 9.66. The van der Waals surface area contributed by atoms with Gasteiger partial charge in [0.2, 0.25) is 0 Å². The molecule has 0 aromatic heterocycles. The van der Waals surface area contributed by atoms with Crippen LogP contribution in [0.3, 0.4) is 0 Å². The molecule has 2 aliphatic rings. The lowest BCUT2D eigenvalue weighted by Gasteiger charge is -2.39. The fourth-order valence-electron chi connectivity index (χ4n) is 4.86. The van der Waals surface area contributed by atoms with E-state index in [1.807, 2.05) is 44.2 Å². The van der Waals surface area contributed by atoms with Crippen LogP contribution in [0.4, 0.5) is 0 Å². The second kappa shape index (κ2) is 9.26. The average Bonchev–Trinajstić information content (AvgIpc) is 2.78. The smallest absolute Gasteiger partial charge is 0.315 e. The number of carbonyl (C=O) groups excluding carboxylic acids is 2. The van der Waals surface area contributed by atoms with Crippen molar-refractivity contribution in [1.82, 2.24) is 0 Å². The van der Waals surface area contributed by atoms with Crippen LogP contribution in [0.5, 0.6) is 11.5 Å². The van der Waals surface area contributed by atoms with Crippen LogP contribution in [0.25, 0.3) is 0 Å². The van der Waals surface area contributed by atoms with Gasteiger partial charge in [0.15, 0.2) is 17.3 Å². The molecule has 0 amide bonds. The molecule has 0 saturated carbocycles. The van der Waals surface area contributed by atoms with Gasteiger partial charge >= 0.3 is 5.97 Å². The Bertz CT molecular complexity index is 1200. The fraction of sp³-hybridized carbons (Fsp3) is 0.370. The van der Waals surface area contributed by atoms with E-state index in [9.17, 15) is 14.7 Å². The zero-order chi connectivity index (χ0) is 24.6. The first-order valence-corrected chi connectivity index (χ1v) is 11.6. The summed E-state index contributed by atoms with van der Waals surface area (Å²) in [6.07, 6.45) is 0.974. The van der Waals surface area contributed by atoms with Crippen LogP contribution in [0.2, 0.25) is 5.02 Å². The molecule has 2 aromatic carbocycles. The van der Waals surface area contributed by atoms with E-state index < -0.39 is 17.8 Å². The van der Waals surface area contributed by atoms with Crippen LogP contribution in [0.15, 0.2) is 58.7 Å². The molecule has 1 N–H and O–H groups in total. The summed E-state index contributed by atoms with van der Waals surface area (Å²) in [5.74, 6) is -1.99. The quantitative estimate of drug-likeness (QED) is 0.560. The first-order valence-electron chi connectivity index (χ1n) is 11.2. The first-order chi connectivity index (χ1) is 16.1. The van der Waals surface area contributed by atoms with Crippen molar-refractivity contribution >= 4 is 29.1 Å². The van der Waals surface area contributed by atoms with Crippen molar-refractivity contribution in [3.63, 3.8) is 0 Å². The minimum absolute atomic E-state index is 0.0449. The number of aliphatic imine (C=N–C) groups is 1. The summed E-state index contributed by atoms with van der Waals surface area (Å²) >= 11 is 6.30. The summed E-state index contributed by atoms with van der Waals surface area (Å²) in [7, 11) is 1.42. The van der Waals surface area contributed by atoms with Crippen molar-refractivity contribution in [3.05, 3.63) is 69.9 Å². The van der Waals surface area contributed by atoms with Gasteiger partial charge in [0.25, 0.3) is 0 Å². The summed E-state index contributed by atoms with van der Waals surface area (Å²) in [6.45, 7) is 5.98. The third-order valence-electron chi connectivity index (χ3n) is 6.41. The minimum Gasteiger partial charge on any atom is -0.503 e. The summed E-state index contributed by atoms with van der Waals surface area (Å²) in [5, 5.41) is 10.3. The van der Waals surface area contributed by atoms with Crippen LogP contribution >= 0.6 is 11.6 Å². The molecule has 6 nitrogen and oxygen atoms in total. The average molecular weight is 482 g/mol. The van der Waals surface area contributed by atoms with Crippen LogP contribution in [-0.4, -0.2) is 29.7 Å². The van der Waals surface area contributed by atoms with Crippen LogP contribution < -0.4 is 4.74 Å². The number of ether oxygens (including phenoxy) is 2. The summed E-state index contributed by atoms with van der Waals surface area (Å²) in [5.41, 5.74) is 3.01. The number of ketones is 1. The Balaban J connectivity index is 1.80. The van der Waals surface area contributed by atoms with E-state index in [0.717, 1.165) is 5.56 Å². The van der Waals surface area contributed by atoms with Gasteiger partial charge in [0.1, 0.15) is 12.5 Å². The molecule has 1 unspecified atom stereocenters. The lowest BCUT2D eigenvalue weighted by Crippen LogP contribution is -2.39. The molecule has 178 valence electrons. The monoisotopic (exact) mass is 481 g/mol. The number of hydrogen-bond donors (Lipinski definition) is 1. The molecule has 1 heterocycles. The van der Waals surface area contributed by atoms with Crippen LogP contribution in [-0.2, 0) is 20.9 Å². The standard InChI is InChI=1S/C27H28ClNO5/c1-15-22(26(32)34-14-16-8-6-5-7-9-16)23(17-10-18(28)25(31)21(11-17)33-4)24-19(29-15)12-27(2,3)13-20(24)30/h5-11,22-23,31H,12-14H2,1-4H3/t22?,23-/m1/s1. The highest BCUT2D eigenvalue weighted by Gasteiger charge is 2.46. The number of halogens is 1. The van der Waals surface area contributed by atoms with Crippen molar-refractivity contribution in [3.8, 4) is 11.5 Å². The Morgan fingerprint density at radius 1 is 1.21 bits per heavy atom. The van der Waals surface area contributed by atoms with Gasteiger partial charge in [-0.2, -0.15) is 0 Å². The lowest BCUT2D eigenvalue weighted by molar-refractivity contribution is -0.148. The Morgan fingerprint density at radius 3 is 2.59 bits per heavy atom. The van der Waals surface area contributed by atoms with Crippen molar-refractivity contribution in [2.75, 3.05) is 7.11 Å². The Morgan fingerprint density at radius 2 is 1.91 bits per heavy atom. The zero-order valence-electron chi connectivity index (χ0n) is 19.7. The third-order valence-corrected chi connectivity index (χ3v) is 6.70. The van der Waals surface area contributed by atoms with Crippen molar-refractivity contribution in [2.24, 2.45) is 16.3 Å². The molecule has 0 spiro atoms. The minimum atomic E-state index is -0.807. The number of phenols is 1. The van der Waals surface area contributed by atoms with E-state index in [4.69, 9.17) is 26.1 Å². The van der Waals surface area contributed by atoms with E-state index in [2.05, 4.69) is 0 Å². The fourth-order valence-corrected chi connectivity index (χ4v) is 5.08. The number of rotatable bonds is 5. The van der Waals surface area contributed by atoms with E-state index in [1.54, 1.807) is 19.1 Å². The van der Waals surface area contributed by atoms with Crippen molar-refractivity contribution < 1.29 is 24.2 Å². The number of hydrogen-bond acceptors (Lipinski definition) is 6. The maximum Gasteiger partial charge on any atom is 0.315 e. The molecular weight excluding hydrogens is 454 g/mol. The summed E-state index contributed by atoms with van der Waals surface area (Å²) < 4.78 is 11.0. The molecular formula is C27H28ClNO5. The van der Waals surface area contributed by atoms with Crippen LogP contribution in [0, 0.1) is 11.3 Å². The normalized spacial score (nSPS) is 21.6. The second-order valence-corrected chi connectivity index (χ2v) is 10.1. The summed E-state index contributed by atoms with van der Waals surface area (Å²) in [6, 6.07) is 12.6. The van der Waals surface area contributed by atoms with Crippen molar-refractivity contribution in [1.29, 1.82) is 0 Å². The van der Waals surface area contributed by atoms with E-state index in [0.29, 0.717) is 35.4 Å². The topological polar surface area (TPSA) is 85.2 Å². The lowest BCUT2D eigenvalue weighted by atomic mass is 9.67. The SMILES string of the molecule is COc1cc([C@H]2C3=C(CC(C)(C)CC3=O)N=C(C)C2C(=O)OCc2ccccc2)cc(Cl)c1O. The van der Waals surface area contributed by atoms with Gasteiger partial charge in [-0.3, -0.25) is 14.6 Å². The number of allylic oxidation sites excluding steroid dienone is 2. The van der Waals surface area contributed by atoms with Gasteiger partial charge in [0, 0.05) is 29.3 Å². The van der Waals surface area contributed by atoms with Gasteiger partial charge < -0.3 is 14.6 Å². The molecule has 34 heavy (non-hydrogen) atoms. The first kappa shape index (κ1) is 24.0. The molecule has 0 saturated heterocycles. The van der Waals surface area contributed by atoms with E-state index in [-0.39, 0.29) is 34.3 Å². The predicted molar refractivity (Wildman–Crippen MR) is 130 cm³/mol. The number of methoxy groups -OCH3 is 1. The predicted octanol–water partition coefficient (Wildman–Crippen LogP) is 5.62.